The Morgan fingerprint density at radius 2 is 2.06 bits per heavy atom. The SMILES string of the molecule is CC(=O)c1cc(N2CCC(C)C(C)C2)ccc1N. The van der Waals surface area contributed by atoms with Gasteiger partial charge in [0.1, 0.15) is 0 Å². The predicted molar refractivity (Wildman–Crippen MR) is 76.0 cm³/mol. The van der Waals surface area contributed by atoms with Crippen molar-refractivity contribution >= 4 is 17.2 Å². The van der Waals surface area contributed by atoms with E-state index in [4.69, 9.17) is 5.73 Å². The van der Waals surface area contributed by atoms with Gasteiger partial charge in [0.2, 0.25) is 0 Å². The summed E-state index contributed by atoms with van der Waals surface area (Å²) in [6.07, 6.45) is 1.21. The van der Waals surface area contributed by atoms with Crippen LogP contribution in [0.5, 0.6) is 0 Å². The molecule has 2 atom stereocenters. The third kappa shape index (κ3) is 2.50. The molecule has 1 heterocycles. The lowest BCUT2D eigenvalue weighted by Crippen LogP contribution is -2.38. The average Bonchev–Trinajstić information content (AvgIpc) is 2.33. The molecule has 1 aromatic carbocycles. The Morgan fingerprint density at radius 3 is 2.67 bits per heavy atom. The van der Waals surface area contributed by atoms with Crippen molar-refractivity contribution < 1.29 is 4.79 Å². The molecule has 0 amide bonds. The van der Waals surface area contributed by atoms with Crippen LogP contribution in [0.3, 0.4) is 0 Å². The number of carbonyl (C=O) groups excluding carboxylic acids is 1. The lowest BCUT2D eigenvalue weighted by molar-refractivity contribution is 0.101. The minimum atomic E-state index is 0.0350. The van der Waals surface area contributed by atoms with Crippen LogP contribution in [0.2, 0.25) is 0 Å². The molecule has 2 rings (SSSR count). The zero-order chi connectivity index (χ0) is 13.3. The van der Waals surface area contributed by atoms with Crippen molar-refractivity contribution in [1.29, 1.82) is 0 Å². The second-order valence-electron chi connectivity index (χ2n) is 5.52. The summed E-state index contributed by atoms with van der Waals surface area (Å²) < 4.78 is 0. The molecule has 3 nitrogen and oxygen atoms in total. The lowest BCUT2D eigenvalue weighted by Gasteiger charge is -2.37. The van der Waals surface area contributed by atoms with Crippen LogP contribution in [0.1, 0.15) is 37.6 Å². The molecular weight excluding hydrogens is 224 g/mol. The molecule has 2 N–H and O–H groups in total. The van der Waals surface area contributed by atoms with Crippen molar-refractivity contribution in [3.8, 4) is 0 Å². The van der Waals surface area contributed by atoms with E-state index in [9.17, 15) is 4.79 Å². The number of piperidine rings is 1. The Balaban J connectivity index is 2.24. The van der Waals surface area contributed by atoms with Crippen LogP contribution in [0.4, 0.5) is 11.4 Å². The Hall–Kier alpha value is -1.51. The van der Waals surface area contributed by atoms with Gasteiger partial charge >= 0.3 is 0 Å². The zero-order valence-electron chi connectivity index (χ0n) is 11.4. The number of benzene rings is 1. The first-order chi connectivity index (χ1) is 8.49. The smallest absolute Gasteiger partial charge is 0.161 e. The van der Waals surface area contributed by atoms with Crippen molar-refractivity contribution in [2.24, 2.45) is 11.8 Å². The molecule has 0 radical (unpaired) electrons. The van der Waals surface area contributed by atoms with Gasteiger partial charge in [-0.1, -0.05) is 13.8 Å². The summed E-state index contributed by atoms with van der Waals surface area (Å²) in [7, 11) is 0. The second kappa shape index (κ2) is 5.01. The number of ketones is 1. The van der Waals surface area contributed by atoms with Crippen LogP contribution < -0.4 is 10.6 Å². The number of nitrogens with two attached hydrogens (primary N) is 1. The van der Waals surface area contributed by atoms with Crippen molar-refractivity contribution in [2.75, 3.05) is 23.7 Å². The van der Waals surface area contributed by atoms with Gasteiger partial charge in [-0.2, -0.15) is 0 Å². The van der Waals surface area contributed by atoms with Gasteiger partial charge in [0.05, 0.1) is 0 Å². The number of rotatable bonds is 2. The van der Waals surface area contributed by atoms with E-state index in [0.29, 0.717) is 17.2 Å². The quantitative estimate of drug-likeness (QED) is 0.644. The fourth-order valence-electron chi connectivity index (χ4n) is 2.54. The maximum atomic E-state index is 11.5. The van der Waals surface area contributed by atoms with E-state index in [1.165, 1.54) is 6.42 Å². The molecule has 1 aromatic rings. The molecule has 0 aromatic heterocycles. The summed E-state index contributed by atoms with van der Waals surface area (Å²) in [5.74, 6) is 1.51. The van der Waals surface area contributed by atoms with Gasteiger partial charge in [-0.25, -0.2) is 0 Å². The van der Waals surface area contributed by atoms with Gasteiger partial charge in [-0.15, -0.1) is 0 Å². The molecule has 1 aliphatic heterocycles. The van der Waals surface area contributed by atoms with Gasteiger partial charge in [0.15, 0.2) is 5.78 Å². The maximum absolute atomic E-state index is 11.5. The molecular formula is C15H22N2O. The second-order valence-corrected chi connectivity index (χ2v) is 5.52. The standard InChI is InChI=1S/C15H22N2O/c1-10-6-7-17(9-11(10)2)13-4-5-15(16)14(8-13)12(3)18/h4-5,8,10-11H,6-7,9,16H2,1-3H3. The maximum Gasteiger partial charge on any atom is 0.161 e. The third-order valence-electron chi connectivity index (χ3n) is 4.12. The number of nitrogens with zero attached hydrogens (tertiary/aromatic N) is 1. The van der Waals surface area contributed by atoms with Crippen molar-refractivity contribution in [3.63, 3.8) is 0 Å². The van der Waals surface area contributed by atoms with Crippen LogP contribution in [0.15, 0.2) is 18.2 Å². The molecule has 1 aliphatic rings. The first kappa shape index (κ1) is 12.9. The molecule has 0 bridgehead atoms. The third-order valence-corrected chi connectivity index (χ3v) is 4.12. The van der Waals surface area contributed by atoms with Gasteiger partial charge in [0, 0.05) is 30.0 Å². The Kier molecular flexibility index (Phi) is 3.60. The lowest BCUT2D eigenvalue weighted by atomic mass is 9.88. The Morgan fingerprint density at radius 1 is 1.33 bits per heavy atom. The van der Waals surface area contributed by atoms with Gasteiger partial charge in [-0.3, -0.25) is 4.79 Å². The van der Waals surface area contributed by atoms with E-state index in [2.05, 4.69) is 18.7 Å². The van der Waals surface area contributed by atoms with Crippen molar-refractivity contribution in [3.05, 3.63) is 23.8 Å². The number of carbonyl (C=O) groups is 1. The fraction of sp³-hybridized carbons (Fsp3) is 0.533. The average molecular weight is 246 g/mol. The molecule has 3 heteroatoms. The first-order valence-electron chi connectivity index (χ1n) is 6.64. The zero-order valence-corrected chi connectivity index (χ0v) is 11.4. The number of anilines is 2. The summed E-state index contributed by atoms with van der Waals surface area (Å²) in [4.78, 5) is 13.9. The Labute approximate surface area is 109 Å². The number of nitrogen functional groups attached to an aromatic ring is 1. The number of Topliss-reactive ketones (excluding diaryl/α,β-unsaturated/α-hetero) is 1. The van der Waals surface area contributed by atoms with E-state index < -0.39 is 0 Å². The summed E-state index contributed by atoms with van der Waals surface area (Å²) in [5, 5.41) is 0. The summed E-state index contributed by atoms with van der Waals surface area (Å²) >= 11 is 0. The molecule has 2 unspecified atom stereocenters. The molecule has 0 saturated carbocycles. The topological polar surface area (TPSA) is 46.3 Å². The highest BCUT2D eigenvalue weighted by molar-refractivity contribution is 6.00. The van der Waals surface area contributed by atoms with Crippen LogP contribution in [-0.4, -0.2) is 18.9 Å². The van der Waals surface area contributed by atoms with E-state index in [0.717, 1.165) is 24.7 Å². The highest BCUT2D eigenvalue weighted by Crippen LogP contribution is 2.29. The largest absolute Gasteiger partial charge is 0.398 e. The highest BCUT2D eigenvalue weighted by Gasteiger charge is 2.23. The van der Waals surface area contributed by atoms with Gasteiger partial charge in [-0.05, 0) is 43.4 Å². The molecule has 18 heavy (non-hydrogen) atoms. The van der Waals surface area contributed by atoms with Crippen LogP contribution in [-0.2, 0) is 0 Å². The molecule has 0 aliphatic carbocycles. The number of hydrogen-bond donors (Lipinski definition) is 1. The van der Waals surface area contributed by atoms with Crippen LogP contribution in [0.25, 0.3) is 0 Å². The monoisotopic (exact) mass is 246 g/mol. The van der Waals surface area contributed by atoms with Gasteiger partial charge < -0.3 is 10.6 Å². The van der Waals surface area contributed by atoms with E-state index >= 15 is 0 Å². The normalized spacial score (nSPS) is 24.1. The van der Waals surface area contributed by atoms with E-state index in [1.54, 1.807) is 6.92 Å². The molecule has 1 saturated heterocycles. The molecule has 1 fully saturated rings. The number of hydrogen-bond acceptors (Lipinski definition) is 3. The molecule has 98 valence electrons. The minimum Gasteiger partial charge on any atom is -0.398 e. The minimum absolute atomic E-state index is 0.0350. The summed E-state index contributed by atoms with van der Waals surface area (Å²) in [6.45, 7) is 8.29. The summed E-state index contributed by atoms with van der Waals surface area (Å²) in [6, 6.07) is 5.79. The first-order valence-corrected chi connectivity index (χ1v) is 6.64. The highest BCUT2D eigenvalue weighted by atomic mass is 16.1. The van der Waals surface area contributed by atoms with Gasteiger partial charge in [0.25, 0.3) is 0 Å². The van der Waals surface area contributed by atoms with Crippen molar-refractivity contribution in [2.45, 2.75) is 27.2 Å². The van der Waals surface area contributed by atoms with Crippen molar-refractivity contribution in [1.82, 2.24) is 0 Å². The van der Waals surface area contributed by atoms with E-state index in [-0.39, 0.29) is 5.78 Å². The van der Waals surface area contributed by atoms with E-state index in [1.807, 2.05) is 18.2 Å². The summed E-state index contributed by atoms with van der Waals surface area (Å²) in [5.41, 5.74) is 8.16. The van der Waals surface area contributed by atoms with Crippen LogP contribution in [0, 0.1) is 11.8 Å². The Bertz CT molecular complexity index is 456. The predicted octanol–water partition coefficient (Wildman–Crippen LogP) is 2.95. The van der Waals surface area contributed by atoms with Crippen LogP contribution >= 0.6 is 0 Å². The fourth-order valence-corrected chi connectivity index (χ4v) is 2.54. The molecule has 0 spiro atoms.